The van der Waals surface area contributed by atoms with E-state index in [4.69, 9.17) is 5.73 Å². The maximum Gasteiger partial charge on any atom is 0.0488 e. The van der Waals surface area contributed by atoms with Crippen molar-refractivity contribution in [3.8, 4) is 0 Å². The van der Waals surface area contributed by atoms with Gasteiger partial charge in [-0.2, -0.15) is 0 Å². The average Bonchev–Trinajstić information content (AvgIpc) is 1.99. The molecule has 0 unspecified atom stereocenters. The highest BCUT2D eigenvalue weighted by atomic mass is 79.9. The van der Waals surface area contributed by atoms with Crippen molar-refractivity contribution in [3.63, 3.8) is 0 Å². The summed E-state index contributed by atoms with van der Waals surface area (Å²) in [4.78, 5) is 0. The minimum absolute atomic E-state index is 0.667. The summed E-state index contributed by atoms with van der Waals surface area (Å²) in [5, 5.41) is 3.47. The number of halogens is 1. The first-order valence-electron chi connectivity index (χ1n) is 4.57. The maximum absolute atomic E-state index is 5.65. The van der Waals surface area contributed by atoms with Crippen LogP contribution in [0, 0.1) is 0 Å². The molecule has 0 spiro atoms. The van der Waals surface area contributed by atoms with E-state index in [0.29, 0.717) is 6.04 Å². The molecule has 1 aromatic rings. The van der Waals surface area contributed by atoms with Crippen LogP contribution in [0.4, 0.5) is 11.4 Å². The van der Waals surface area contributed by atoms with Crippen LogP contribution in [-0.4, -0.2) is 6.04 Å². The van der Waals surface area contributed by atoms with Gasteiger partial charge in [-0.05, 0) is 53.4 Å². The smallest absolute Gasteiger partial charge is 0.0488 e. The highest BCUT2D eigenvalue weighted by molar-refractivity contribution is 9.10. The molecule has 0 saturated heterocycles. The summed E-state index contributed by atoms with van der Waals surface area (Å²) in [5.41, 5.74) is 7.60. The number of nitrogens with one attached hydrogen (secondary N) is 1. The van der Waals surface area contributed by atoms with Gasteiger partial charge in [-0.3, -0.25) is 0 Å². The van der Waals surface area contributed by atoms with E-state index < -0.39 is 0 Å². The summed E-state index contributed by atoms with van der Waals surface area (Å²) in [7, 11) is 0. The van der Waals surface area contributed by atoms with Crippen LogP contribution in [0.3, 0.4) is 0 Å². The zero-order valence-corrected chi connectivity index (χ0v) is 8.97. The van der Waals surface area contributed by atoms with Crippen LogP contribution in [0.1, 0.15) is 19.3 Å². The van der Waals surface area contributed by atoms with E-state index in [9.17, 15) is 0 Å². The lowest BCUT2D eigenvalue weighted by Gasteiger charge is -2.28. The molecule has 0 atom stereocenters. The average molecular weight is 241 g/mol. The van der Waals surface area contributed by atoms with Crippen molar-refractivity contribution < 1.29 is 0 Å². The van der Waals surface area contributed by atoms with Gasteiger partial charge < -0.3 is 11.1 Å². The molecule has 0 heterocycles. The fourth-order valence-electron chi connectivity index (χ4n) is 1.42. The van der Waals surface area contributed by atoms with Crippen molar-refractivity contribution in [2.24, 2.45) is 0 Å². The third-order valence-electron chi connectivity index (χ3n) is 2.46. The summed E-state index contributed by atoms with van der Waals surface area (Å²) < 4.78 is 1.06. The summed E-state index contributed by atoms with van der Waals surface area (Å²) in [5.74, 6) is 0. The monoisotopic (exact) mass is 240 g/mol. The molecule has 3 N–H and O–H groups in total. The van der Waals surface area contributed by atoms with Gasteiger partial charge >= 0.3 is 0 Å². The van der Waals surface area contributed by atoms with Crippen LogP contribution in [0.25, 0.3) is 0 Å². The van der Waals surface area contributed by atoms with Crippen molar-refractivity contribution in [1.29, 1.82) is 0 Å². The lowest BCUT2D eigenvalue weighted by molar-refractivity contribution is 0.445. The molecule has 2 rings (SSSR count). The van der Waals surface area contributed by atoms with E-state index in [0.717, 1.165) is 15.8 Å². The van der Waals surface area contributed by atoms with E-state index >= 15 is 0 Å². The summed E-state index contributed by atoms with van der Waals surface area (Å²) in [6.45, 7) is 0. The number of rotatable bonds is 2. The number of benzene rings is 1. The van der Waals surface area contributed by atoms with E-state index in [1.54, 1.807) is 0 Å². The van der Waals surface area contributed by atoms with Crippen molar-refractivity contribution in [1.82, 2.24) is 0 Å². The Hall–Kier alpha value is -0.700. The fraction of sp³-hybridized carbons (Fsp3) is 0.400. The minimum Gasteiger partial charge on any atom is -0.399 e. The Kier molecular flexibility index (Phi) is 2.44. The molecule has 0 amide bonds. The summed E-state index contributed by atoms with van der Waals surface area (Å²) >= 11 is 3.49. The second-order valence-electron chi connectivity index (χ2n) is 3.51. The first-order chi connectivity index (χ1) is 6.25. The third-order valence-corrected chi connectivity index (χ3v) is 3.11. The predicted octanol–water partition coefficient (Wildman–Crippen LogP) is 3.00. The Balaban J connectivity index is 2.10. The van der Waals surface area contributed by atoms with E-state index in [1.807, 2.05) is 18.2 Å². The normalized spacial score (nSPS) is 16.7. The molecular formula is C10H13BrN2. The van der Waals surface area contributed by atoms with Crippen LogP contribution >= 0.6 is 15.9 Å². The number of hydrogen-bond acceptors (Lipinski definition) is 2. The van der Waals surface area contributed by atoms with Crippen LogP contribution in [0.2, 0.25) is 0 Å². The van der Waals surface area contributed by atoms with Gasteiger partial charge in [-0.1, -0.05) is 0 Å². The lowest BCUT2D eigenvalue weighted by atomic mass is 9.93. The van der Waals surface area contributed by atoms with Gasteiger partial charge in [0.05, 0.1) is 0 Å². The fourth-order valence-corrected chi connectivity index (χ4v) is 1.93. The molecule has 70 valence electrons. The number of nitrogens with two attached hydrogens (primary N) is 1. The number of nitrogen functional groups attached to an aromatic ring is 1. The van der Waals surface area contributed by atoms with Crippen LogP contribution < -0.4 is 11.1 Å². The molecule has 0 bridgehead atoms. The third kappa shape index (κ3) is 1.97. The van der Waals surface area contributed by atoms with Crippen molar-refractivity contribution in [3.05, 3.63) is 22.7 Å². The Labute approximate surface area is 86.6 Å². The summed E-state index contributed by atoms with van der Waals surface area (Å²) in [6.07, 6.45) is 3.93. The molecule has 1 fully saturated rings. The highest BCUT2D eigenvalue weighted by Crippen LogP contribution is 2.29. The van der Waals surface area contributed by atoms with Gasteiger partial charge in [0.2, 0.25) is 0 Å². The topological polar surface area (TPSA) is 38.0 Å². The van der Waals surface area contributed by atoms with Crippen LogP contribution in [-0.2, 0) is 0 Å². The van der Waals surface area contributed by atoms with Gasteiger partial charge in [0.25, 0.3) is 0 Å². The zero-order chi connectivity index (χ0) is 9.26. The van der Waals surface area contributed by atoms with Gasteiger partial charge in [0, 0.05) is 21.9 Å². The molecule has 1 aromatic carbocycles. The Morgan fingerprint density at radius 3 is 2.69 bits per heavy atom. The Morgan fingerprint density at radius 2 is 2.15 bits per heavy atom. The molecule has 1 aliphatic carbocycles. The molecular weight excluding hydrogens is 228 g/mol. The van der Waals surface area contributed by atoms with Crippen LogP contribution in [0.5, 0.6) is 0 Å². The lowest BCUT2D eigenvalue weighted by Crippen LogP contribution is -2.27. The van der Waals surface area contributed by atoms with Crippen LogP contribution in [0.15, 0.2) is 22.7 Å². The SMILES string of the molecule is Nc1ccc(NC2CCC2)c(Br)c1. The number of hydrogen-bond donors (Lipinski definition) is 2. The first-order valence-corrected chi connectivity index (χ1v) is 5.36. The maximum atomic E-state index is 5.65. The molecule has 1 aliphatic rings. The van der Waals surface area contributed by atoms with Crippen molar-refractivity contribution >= 4 is 27.3 Å². The Bertz CT molecular complexity index is 308. The van der Waals surface area contributed by atoms with Crippen molar-refractivity contribution in [2.45, 2.75) is 25.3 Å². The van der Waals surface area contributed by atoms with Gasteiger partial charge in [-0.15, -0.1) is 0 Å². The van der Waals surface area contributed by atoms with E-state index in [1.165, 1.54) is 19.3 Å². The second kappa shape index (κ2) is 3.58. The van der Waals surface area contributed by atoms with Gasteiger partial charge in [0.1, 0.15) is 0 Å². The molecule has 0 radical (unpaired) electrons. The quantitative estimate of drug-likeness (QED) is 0.781. The zero-order valence-electron chi connectivity index (χ0n) is 7.39. The van der Waals surface area contributed by atoms with Crippen molar-refractivity contribution in [2.75, 3.05) is 11.1 Å². The standard InChI is InChI=1S/C10H13BrN2/c11-9-6-7(12)4-5-10(9)13-8-2-1-3-8/h4-6,8,13H,1-3,12H2. The first kappa shape index (κ1) is 8.88. The molecule has 0 aromatic heterocycles. The van der Waals surface area contributed by atoms with Gasteiger partial charge in [-0.25, -0.2) is 0 Å². The molecule has 1 saturated carbocycles. The molecule has 2 nitrogen and oxygen atoms in total. The van der Waals surface area contributed by atoms with Gasteiger partial charge in [0.15, 0.2) is 0 Å². The van der Waals surface area contributed by atoms with E-state index in [2.05, 4.69) is 21.2 Å². The Morgan fingerprint density at radius 1 is 1.38 bits per heavy atom. The second-order valence-corrected chi connectivity index (χ2v) is 4.37. The minimum atomic E-state index is 0.667. The largest absolute Gasteiger partial charge is 0.399 e. The predicted molar refractivity (Wildman–Crippen MR) is 59.8 cm³/mol. The highest BCUT2D eigenvalue weighted by Gasteiger charge is 2.17. The molecule has 3 heteroatoms. The number of anilines is 2. The molecule has 0 aliphatic heterocycles. The molecule has 13 heavy (non-hydrogen) atoms. The van der Waals surface area contributed by atoms with E-state index in [-0.39, 0.29) is 0 Å². The summed E-state index contributed by atoms with van der Waals surface area (Å²) in [6, 6.07) is 6.55.